The van der Waals surface area contributed by atoms with Gasteiger partial charge in [-0.1, -0.05) is 0 Å². The van der Waals surface area contributed by atoms with Crippen LogP contribution in [0.25, 0.3) is 11.0 Å². The van der Waals surface area contributed by atoms with Crippen LogP contribution < -0.4 is 11.3 Å². The van der Waals surface area contributed by atoms with Crippen molar-refractivity contribution in [1.82, 2.24) is 19.7 Å². The van der Waals surface area contributed by atoms with Crippen LogP contribution in [0, 0.1) is 0 Å². The summed E-state index contributed by atoms with van der Waals surface area (Å²) in [6.45, 7) is -0.280. The lowest BCUT2D eigenvalue weighted by Gasteiger charge is -2.28. The maximum Gasteiger partial charge on any atom is 0.263 e. The molecular weight excluding hydrogens is 282 g/mol. The first-order chi connectivity index (χ1) is 10.1. The third-order valence-electron chi connectivity index (χ3n) is 4.00. The predicted octanol–water partition coefficient (Wildman–Crippen LogP) is -2.28. The molecule has 2 bridgehead atoms. The van der Waals surface area contributed by atoms with Gasteiger partial charge in [-0.25, -0.2) is 4.68 Å². The maximum absolute atomic E-state index is 11.8. The summed E-state index contributed by atoms with van der Waals surface area (Å²) < 4.78 is 12.5. The number of hydrogen-bond acceptors (Lipinski definition) is 8. The highest BCUT2D eigenvalue weighted by molar-refractivity contribution is 5.74. The first-order valence-corrected chi connectivity index (χ1v) is 6.37. The number of hydrogen-bond donors (Lipinski definition) is 4. The van der Waals surface area contributed by atoms with Crippen LogP contribution in [-0.2, 0) is 9.47 Å². The maximum atomic E-state index is 11.8. The van der Waals surface area contributed by atoms with Gasteiger partial charge < -0.3 is 25.4 Å². The van der Waals surface area contributed by atoms with Crippen LogP contribution >= 0.6 is 0 Å². The highest BCUT2D eigenvalue weighted by Gasteiger charge is 2.62. The molecule has 2 saturated heterocycles. The molecule has 10 heteroatoms. The molecule has 2 aromatic rings. The average Bonchev–Trinajstić information content (AvgIpc) is 3.09. The van der Waals surface area contributed by atoms with E-state index in [1.165, 1.54) is 10.9 Å². The summed E-state index contributed by atoms with van der Waals surface area (Å²) in [5.74, 6) is -0.0456. The molecule has 0 spiro atoms. The predicted molar refractivity (Wildman–Crippen MR) is 68.2 cm³/mol. The third kappa shape index (κ3) is 1.52. The van der Waals surface area contributed by atoms with Crippen LogP contribution in [0.15, 0.2) is 11.0 Å². The molecule has 0 radical (unpaired) electrons. The van der Waals surface area contributed by atoms with E-state index >= 15 is 0 Å². The van der Waals surface area contributed by atoms with E-state index in [0.29, 0.717) is 0 Å². The molecule has 2 fully saturated rings. The molecule has 5 N–H and O–H groups in total. The van der Waals surface area contributed by atoms with Crippen LogP contribution in [0.3, 0.4) is 0 Å². The van der Waals surface area contributed by atoms with E-state index in [4.69, 9.17) is 15.2 Å². The quantitative estimate of drug-likeness (QED) is 0.484. The Hall–Kier alpha value is -2.01. The van der Waals surface area contributed by atoms with Gasteiger partial charge in [0.05, 0.1) is 19.4 Å². The smallest absolute Gasteiger partial charge is 0.263 e. The molecule has 4 atom stereocenters. The van der Waals surface area contributed by atoms with Crippen molar-refractivity contribution in [3.05, 3.63) is 16.6 Å². The minimum Gasteiger partial charge on any atom is -0.393 e. The summed E-state index contributed by atoms with van der Waals surface area (Å²) in [4.78, 5) is 18.2. The number of nitrogens with zero attached hydrogens (tertiary/aromatic N) is 3. The molecular formula is C11H13N5O5. The number of anilines is 1. The molecule has 2 unspecified atom stereocenters. The van der Waals surface area contributed by atoms with Crippen LogP contribution in [-0.4, -0.2) is 61.0 Å². The fourth-order valence-electron chi connectivity index (χ4n) is 2.87. The monoisotopic (exact) mass is 295 g/mol. The Morgan fingerprint density at radius 1 is 1.62 bits per heavy atom. The van der Waals surface area contributed by atoms with Gasteiger partial charge in [-0.3, -0.25) is 9.78 Å². The van der Waals surface area contributed by atoms with Crippen molar-refractivity contribution in [2.24, 2.45) is 0 Å². The largest absolute Gasteiger partial charge is 0.393 e. The summed E-state index contributed by atoms with van der Waals surface area (Å²) >= 11 is 0. The zero-order valence-corrected chi connectivity index (χ0v) is 10.8. The van der Waals surface area contributed by atoms with Crippen molar-refractivity contribution in [3.63, 3.8) is 0 Å². The van der Waals surface area contributed by atoms with E-state index < -0.39 is 29.6 Å². The number of nitrogen functional groups attached to an aromatic ring is 1. The molecule has 2 aromatic heterocycles. The van der Waals surface area contributed by atoms with E-state index in [0.717, 1.165) is 0 Å². The number of nitrogens with two attached hydrogens (primary N) is 1. The Balaban J connectivity index is 1.84. The van der Waals surface area contributed by atoms with Crippen LogP contribution in [0.4, 0.5) is 5.95 Å². The van der Waals surface area contributed by atoms with Gasteiger partial charge in [0.25, 0.3) is 5.56 Å². The second-order valence-corrected chi connectivity index (χ2v) is 5.23. The fourth-order valence-corrected chi connectivity index (χ4v) is 2.87. The standard InChI is InChI=1S/C11H13N5O5/c12-10-14-7-4(8(19)15-10)1-13-16(7)9-5-6(18)11(2-17,21-9)3-20-5/h1,5-6,9,17-18H,2-3H2,(H3,12,14,15,19)/t5?,6?,9-,11-/m1/s1. The van der Waals surface area contributed by atoms with Gasteiger partial charge in [0.15, 0.2) is 11.9 Å². The SMILES string of the molecule is Nc1nc2c(cnn2[C@@H]2O[C@]3(CO)COC2C3O)c(=O)[nH]1. The molecule has 2 aliphatic rings. The number of rotatable bonds is 2. The average molecular weight is 295 g/mol. The molecule has 0 amide bonds. The molecule has 0 saturated carbocycles. The minimum atomic E-state index is -1.17. The Morgan fingerprint density at radius 2 is 2.43 bits per heavy atom. The molecule has 0 aromatic carbocycles. The number of H-pyrrole nitrogens is 1. The highest BCUT2D eigenvalue weighted by atomic mass is 16.7. The van der Waals surface area contributed by atoms with Gasteiger partial charge in [0, 0.05) is 0 Å². The zero-order chi connectivity index (χ0) is 14.8. The Labute approximate surface area is 117 Å². The van der Waals surface area contributed by atoms with E-state index in [1.54, 1.807) is 0 Å². The minimum absolute atomic E-state index is 0.0456. The van der Waals surface area contributed by atoms with Crippen molar-refractivity contribution in [2.75, 3.05) is 18.9 Å². The van der Waals surface area contributed by atoms with E-state index in [2.05, 4.69) is 15.1 Å². The van der Waals surface area contributed by atoms with Gasteiger partial charge in [0.1, 0.15) is 23.2 Å². The lowest BCUT2D eigenvalue weighted by Crippen LogP contribution is -2.44. The number of aromatic nitrogens is 4. The van der Waals surface area contributed by atoms with Crippen molar-refractivity contribution in [2.45, 2.75) is 24.0 Å². The number of nitrogens with one attached hydrogen (secondary N) is 1. The summed E-state index contributed by atoms with van der Waals surface area (Å²) in [5, 5.41) is 23.9. The molecule has 4 heterocycles. The first-order valence-electron chi connectivity index (χ1n) is 6.37. The van der Waals surface area contributed by atoms with Crippen LogP contribution in [0.5, 0.6) is 0 Å². The van der Waals surface area contributed by atoms with E-state index in [1.807, 2.05) is 0 Å². The van der Waals surface area contributed by atoms with Gasteiger partial charge in [-0.2, -0.15) is 10.1 Å². The molecule has 0 aliphatic carbocycles. The number of aliphatic hydroxyl groups excluding tert-OH is 2. The van der Waals surface area contributed by atoms with Crippen molar-refractivity contribution in [1.29, 1.82) is 0 Å². The molecule has 21 heavy (non-hydrogen) atoms. The lowest BCUT2D eigenvalue weighted by atomic mass is 10.0. The van der Waals surface area contributed by atoms with Crippen LogP contribution in [0.1, 0.15) is 6.23 Å². The Bertz CT molecular complexity index is 772. The van der Waals surface area contributed by atoms with Gasteiger partial charge in [0.2, 0.25) is 5.95 Å². The summed E-state index contributed by atoms with van der Waals surface area (Å²) in [6, 6.07) is 0. The van der Waals surface area contributed by atoms with Crippen molar-refractivity contribution >= 4 is 17.0 Å². The zero-order valence-electron chi connectivity index (χ0n) is 10.8. The first kappa shape index (κ1) is 12.7. The van der Waals surface area contributed by atoms with E-state index in [-0.39, 0.29) is 30.2 Å². The van der Waals surface area contributed by atoms with E-state index in [9.17, 15) is 15.0 Å². The van der Waals surface area contributed by atoms with Crippen molar-refractivity contribution in [3.8, 4) is 0 Å². The number of aromatic amines is 1. The highest BCUT2D eigenvalue weighted by Crippen LogP contribution is 2.44. The van der Waals surface area contributed by atoms with Crippen LogP contribution in [0.2, 0.25) is 0 Å². The van der Waals surface area contributed by atoms with Crippen molar-refractivity contribution < 1.29 is 19.7 Å². The normalized spacial score (nSPS) is 34.9. The number of ether oxygens (including phenoxy) is 2. The Morgan fingerprint density at radius 3 is 3.14 bits per heavy atom. The fraction of sp³-hybridized carbons (Fsp3) is 0.545. The molecule has 2 aliphatic heterocycles. The lowest BCUT2D eigenvalue weighted by molar-refractivity contribution is -0.188. The summed E-state index contributed by atoms with van der Waals surface area (Å²) in [6.07, 6.45) is -1.12. The second-order valence-electron chi connectivity index (χ2n) is 5.23. The summed E-state index contributed by atoms with van der Waals surface area (Å²) in [5.41, 5.74) is 4.19. The molecule has 10 nitrogen and oxygen atoms in total. The molecule has 4 rings (SSSR count). The Kier molecular flexibility index (Phi) is 2.43. The third-order valence-corrected chi connectivity index (χ3v) is 4.00. The van der Waals surface area contributed by atoms with Gasteiger partial charge in [-0.05, 0) is 0 Å². The topological polar surface area (TPSA) is 149 Å². The van der Waals surface area contributed by atoms with Gasteiger partial charge >= 0.3 is 0 Å². The molecule has 112 valence electrons. The summed E-state index contributed by atoms with van der Waals surface area (Å²) in [7, 11) is 0. The second kappa shape index (κ2) is 4.01. The number of aliphatic hydroxyl groups is 2. The van der Waals surface area contributed by atoms with Gasteiger partial charge in [-0.15, -0.1) is 0 Å². The number of fused-ring (bicyclic) bond motifs is 3.